The number of anilines is 1. The zero-order valence-corrected chi connectivity index (χ0v) is 16.6. The number of pyridine rings is 1. The van der Waals surface area contributed by atoms with Gasteiger partial charge in [0.05, 0.1) is 22.6 Å². The summed E-state index contributed by atoms with van der Waals surface area (Å²) < 4.78 is 41.0. The predicted octanol–water partition coefficient (Wildman–Crippen LogP) is 6.48. The molecule has 0 fully saturated rings. The minimum absolute atomic E-state index is 0.224. The second kappa shape index (κ2) is 7.59. The number of benzene rings is 2. The highest BCUT2D eigenvalue weighted by Gasteiger charge is 2.33. The number of aromatic nitrogens is 1. The molecule has 2 heterocycles. The molecular weight excluding hydrogens is 429 g/mol. The monoisotopic (exact) mass is 446 g/mol. The summed E-state index contributed by atoms with van der Waals surface area (Å²) in [6.07, 6.45) is -2.64. The molecule has 6 heteroatoms. The first-order valence-electron chi connectivity index (χ1n) is 9.08. The fraction of sp³-hybridized carbons (Fsp3) is 0.227. The number of hydrogen-bond donors (Lipinski definition) is 0. The van der Waals surface area contributed by atoms with Gasteiger partial charge in [0.1, 0.15) is 0 Å². The molecular formula is C22H18BrF3N2. The minimum atomic E-state index is -4.35. The predicted molar refractivity (Wildman–Crippen MR) is 108 cm³/mol. The van der Waals surface area contributed by atoms with Gasteiger partial charge >= 0.3 is 6.18 Å². The lowest BCUT2D eigenvalue weighted by molar-refractivity contribution is -0.138. The SMILES string of the molecule is FC(F)(F)c1ccccc1CN1CCCc2nc(-c3ccc(Br)cc3)ccc21. The fourth-order valence-corrected chi connectivity index (χ4v) is 3.87. The van der Waals surface area contributed by atoms with E-state index in [1.54, 1.807) is 12.1 Å². The van der Waals surface area contributed by atoms with Gasteiger partial charge in [-0.2, -0.15) is 13.2 Å². The van der Waals surface area contributed by atoms with Crippen LogP contribution in [-0.4, -0.2) is 11.5 Å². The quantitative estimate of drug-likeness (QED) is 0.457. The van der Waals surface area contributed by atoms with Gasteiger partial charge in [-0.15, -0.1) is 0 Å². The summed E-state index contributed by atoms with van der Waals surface area (Å²) in [6, 6.07) is 17.7. The van der Waals surface area contributed by atoms with Crippen molar-refractivity contribution in [1.29, 1.82) is 0 Å². The summed E-state index contributed by atoms with van der Waals surface area (Å²) in [7, 11) is 0. The zero-order chi connectivity index (χ0) is 19.7. The third-order valence-electron chi connectivity index (χ3n) is 4.96. The molecule has 0 bridgehead atoms. The zero-order valence-electron chi connectivity index (χ0n) is 15.0. The van der Waals surface area contributed by atoms with E-state index in [0.717, 1.165) is 52.6 Å². The molecule has 4 rings (SSSR count). The van der Waals surface area contributed by atoms with E-state index >= 15 is 0 Å². The van der Waals surface area contributed by atoms with E-state index in [-0.39, 0.29) is 6.54 Å². The van der Waals surface area contributed by atoms with Gasteiger partial charge in [-0.25, -0.2) is 0 Å². The summed E-state index contributed by atoms with van der Waals surface area (Å²) in [4.78, 5) is 6.80. The standard InChI is InChI=1S/C22H18BrF3N2/c23-17-9-7-15(8-10-17)19-11-12-21-20(27-19)6-3-13-28(21)14-16-4-1-2-5-18(16)22(24,25)26/h1-2,4-5,7-12H,3,6,13-14H2. The molecule has 2 nitrogen and oxygen atoms in total. The Kier molecular flexibility index (Phi) is 5.15. The van der Waals surface area contributed by atoms with Crippen molar-refractivity contribution >= 4 is 21.6 Å². The van der Waals surface area contributed by atoms with Crippen LogP contribution in [0.25, 0.3) is 11.3 Å². The number of nitrogens with zero attached hydrogens (tertiary/aromatic N) is 2. The van der Waals surface area contributed by atoms with E-state index in [4.69, 9.17) is 4.98 Å². The Balaban J connectivity index is 1.64. The lowest BCUT2D eigenvalue weighted by Gasteiger charge is -2.31. The van der Waals surface area contributed by atoms with Crippen LogP contribution in [0.1, 0.15) is 23.2 Å². The highest BCUT2D eigenvalue weighted by molar-refractivity contribution is 9.10. The first-order chi connectivity index (χ1) is 13.4. The summed E-state index contributed by atoms with van der Waals surface area (Å²) in [5.41, 5.74) is 3.48. The number of aryl methyl sites for hydroxylation is 1. The van der Waals surface area contributed by atoms with Crippen LogP contribution in [0.4, 0.5) is 18.9 Å². The van der Waals surface area contributed by atoms with E-state index in [1.165, 1.54) is 6.07 Å². The molecule has 1 aliphatic rings. The van der Waals surface area contributed by atoms with Gasteiger partial charge in [-0.1, -0.05) is 46.3 Å². The summed E-state index contributed by atoms with van der Waals surface area (Å²) in [6.45, 7) is 0.945. The first kappa shape index (κ1) is 19.0. The van der Waals surface area contributed by atoms with Crippen molar-refractivity contribution in [1.82, 2.24) is 4.98 Å². The molecule has 0 aliphatic carbocycles. The average molecular weight is 447 g/mol. The second-order valence-electron chi connectivity index (χ2n) is 6.85. The lowest BCUT2D eigenvalue weighted by atomic mass is 10.0. The second-order valence-corrected chi connectivity index (χ2v) is 7.76. The van der Waals surface area contributed by atoms with Crippen molar-refractivity contribution in [3.63, 3.8) is 0 Å². The molecule has 0 N–H and O–H groups in total. The topological polar surface area (TPSA) is 16.1 Å². The normalized spacial score (nSPS) is 14.1. The average Bonchev–Trinajstić information content (AvgIpc) is 2.68. The number of rotatable bonds is 3. The van der Waals surface area contributed by atoms with Crippen LogP contribution < -0.4 is 4.90 Å². The van der Waals surface area contributed by atoms with Crippen molar-refractivity contribution in [3.8, 4) is 11.3 Å². The Morgan fingerprint density at radius 2 is 1.71 bits per heavy atom. The number of alkyl halides is 3. The third kappa shape index (κ3) is 3.92. The lowest BCUT2D eigenvalue weighted by Crippen LogP contribution is -2.30. The molecule has 28 heavy (non-hydrogen) atoms. The number of hydrogen-bond acceptors (Lipinski definition) is 2. The Labute approximate surface area is 170 Å². The molecule has 1 aromatic heterocycles. The summed E-state index contributed by atoms with van der Waals surface area (Å²) in [5, 5.41) is 0. The van der Waals surface area contributed by atoms with Gasteiger partial charge in [0.2, 0.25) is 0 Å². The van der Waals surface area contributed by atoms with Crippen LogP contribution in [0.2, 0.25) is 0 Å². The maximum Gasteiger partial charge on any atom is 0.416 e. The summed E-state index contributed by atoms with van der Waals surface area (Å²) >= 11 is 3.43. The summed E-state index contributed by atoms with van der Waals surface area (Å²) in [5.74, 6) is 0. The van der Waals surface area contributed by atoms with Gasteiger partial charge in [0.15, 0.2) is 0 Å². The van der Waals surface area contributed by atoms with Crippen molar-refractivity contribution in [2.75, 3.05) is 11.4 Å². The first-order valence-corrected chi connectivity index (χ1v) is 9.87. The molecule has 144 valence electrons. The highest BCUT2D eigenvalue weighted by Crippen LogP contribution is 2.35. The van der Waals surface area contributed by atoms with Crippen molar-refractivity contribution in [3.05, 3.63) is 82.0 Å². The van der Waals surface area contributed by atoms with Crippen molar-refractivity contribution in [2.45, 2.75) is 25.6 Å². The van der Waals surface area contributed by atoms with Gasteiger partial charge in [0, 0.05) is 23.1 Å². The molecule has 0 saturated carbocycles. The highest BCUT2D eigenvalue weighted by atomic mass is 79.9. The van der Waals surface area contributed by atoms with Gasteiger partial charge < -0.3 is 4.90 Å². The molecule has 0 amide bonds. The molecule has 0 atom stereocenters. The van der Waals surface area contributed by atoms with E-state index < -0.39 is 11.7 Å². The largest absolute Gasteiger partial charge is 0.416 e. The molecule has 2 aromatic carbocycles. The fourth-order valence-electron chi connectivity index (χ4n) is 3.61. The van der Waals surface area contributed by atoms with Gasteiger partial charge in [-0.05, 0) is 48.7 Å². The van der Waals surface area contributed by atoms with E-state index in [9.17, 15) is 13.2 Å². The maximum atomic E-state index is 13.3. The molecule has 0 unspecified atom stereocenters. The molecule has 0 radical (unpaired) electrons. The van der Waals surface area contributed by atoms with Crippen LogP contribution in [0.5, 0.6) is 0 Å². The van der Waals surface area contributed by atoms with Gasteiger partial charge in [0.25, 0.3) is 0 Å². The maximum absolute atomic E-state index is 13.3. The van der Waals surface area contributed by atoms with Crippen LogP contribution in [0.15, 0.2) is 65.1 Å². The van der Waals surface area contributed by atoms with E-state index in [0.29, 0.717) is 5.56 Å². The Morgan fingerprint density at radius 3 is 2.46 bits per heavy atom. The molecule has 0 saturated heterocycles. The Morgan fingerprint density at radius 1 is 0.964 bits per heavy atom. The molecule has 1 aliphatic heterocycles. The van der Waals surface area contributed by atoms with Crippen molar-refractivity contribution in [2.24, 2.45) is 0 Å². The molecule has 3 aromatic rings. The Bertz CT molecular complexity index is 984. The smallest absolute Gasteiger partial charge is 0.366 e. The van der Waals surface area contributed by atoms with Crippen LogP contribution in [0, 0.1) is 0 Å². The van der Waals surface area contributed by atoms with Crippen molar-refractivity contribution < 1.29 is 13.2 Å². The van der Waals surface area contributed by atoms with Crippen LogP contribution in [-0.2, 0) is 19.1 Å². The number of fused-ring (bicyclic) bond motifs is 1. The van der Waals surface area contributed by atoms with Crippen LogP contribution in [0.3, 0.4) is 0 Å². The molecule has 0 spiro atoms. The van der Waals surface area contributed by atoms with Crippen LogP contribution >= 0.6 is 15.9 Å². The van der Waals surface area contributed by atoms with E-state index in [1.807, 2.05) is 41.3 Å². The number of halogens is 4. The minimum Gasteiger partial charge on any atom is -0.366 e. The third-order valence-corrected chi connectivity index (χ3v) is 5.49. The Hall–Kier alpha value is -2.34. The van der Waals surface area contributed by atoms with Gasteiger partial charge in [-0.3, -0.25) is 4.98 Å². The van der Waals surface area contributed by atoms with E-state index in [2.05, 4.69) is 15.9 Å².